The zero-order valence-corrected chi connectivity index (χ0v) is 11.9. The number of pyridine rings is 1. The molecule has 0 radical (unpaired) electrons. The van der Waals surface area contributed by atoms with Gasteiger partial charge in [-0.1, -0.05) is 0 Å². The molecule has 110 valence electrons. The van der Waals surface area contributed by atoms with Crippen molar-refractivity contribution in [2.75, 3.05) is 11.9 Å². The number of nitrogens with zero attached hydrogens (tertiary/aromatic N) is 1. The molecule has 1 aliphatic heterocycles. The second-order valence-electron chi connectivity index (χ2n) is 6.06. The van der Waals surface area contributed by atoms with Crippen molar-refractivity contribution in [3.05, 3.63) is 36.3 Å². The Labute approximate surface area is 123 Å². The zero-order valence-electron chi connectivity index (χ0n) is 11.9. The van der Waals surface area contributed by atoms with Crippen LogP contribution >= 0.6 is 0 Å². The third kappa shape index (κ3) is 2.38. The summed E-state index contributed by atoms with van der Waals surface area (Å²) in [4.78, 5) is 4.26. The first-order valence-corrected chi connectivity index (χ1v) is 7.74. The number of hydrogen-bond acceptors (Lipinski definition) is 3. The van der Waals surface area contributed by atoms with Crippen LogP contribution in [0, 0.1) is 11.7 Å². The number of anilines is 1. The first-order valence-electron chi connectivity index (χ1n) is 7.74. The molecule has 1 aliphatic carbocycles. The second-order valence-corrected chi connectivity index (χ2v) is 6.06. The molecule has 3 unspecified atom stereocenters. The van der Waals surface area contributed by atoms with Crippen molar-refractivity contribution in [1.82, 2.24) is 4.98 Å². The van der Waals surface area contributed by atoms with E-state index in [9.17, 15) is 4.39 Å². The molecule has 4 rings (SSSR count). The highest BCUT2D eigenvalue weighted by molar-refractivity contribution is 5.91. The van der Waals surface area contributed by atoms with Gasteiger partial charge in [0, 0.05) is 41.9 Å². The van der Waals surface area contributed by atoms with Crippen LogP contribution in [-0.2, 0) is 4.74 Å². The number of rotatable bonds is 2. The summed E-state index contributed by atoms with van der Waals surface area (Å²) in [7, 11) is 0. The van der Waals surface area contributed by atoms with E-state index in [0.29, 0.717) is 23.6 Å². The van der Waals surface area contributed by atoms with Gasteiger partial charge in [0.25, 0.3) is 0 Å². The summed E-state index contributed by atoms with van der Waals surface area (Å²) >= 11 is 0. The monoisotopic (exact) mass is 286 g/mol. The van der Waals surface area contributed by atoms with E-state index in [2.05, 4.69) is 10.3 Å². The third-order valence-corrected chi connectivity index (χ3v) is 4.83. The standard InChI is InChI=1S/C17H19FN2O/c18-11-4-5-12-15(6-8-19-16(12)10-11)20-14-2-1-3-17-13(14)7-9-21-17/h4-6,8,10,13-14,17H,1-3,7,9H2,(H,19,20). The van der Waals surface area contributed by atoms with Gasteiger partial charge in [0.1, 0.15) is 5.82 Å². The Balaban J connectivity index is 1.64. The van der Waals surface area contributed by atoms with E-state index >= 15 is 0 Å². The minimum atomic E-state index is -0.242. The molecule has 1 N–H and O–H groups in total. The van der Waals surface area contributed by atoms with Crippen LogP contribution in [0.3, 0.4) is 0 Å². The second kappa shape index (κ2) is 5.26. The maximum atomic E-state index is 13.3. The van der Waals surface area contributed by atoms with Crippen molar-refractivity contribution in [2.24, 2.45) is 5.92 Å². The molecule has 0 bridgehead atoms. The largest absolute Gasteiger partial charge is 0.381 e. The van der Waals surface area contributed by atoms with Gasteiger partial charge in [-0.2, -0.15) is 0 Å². The smallest absolute Gasteiger partial charge is 0.125 e. The summed E-state index contributed by atoms with van der Waals surface area (Å²) < 4.78 is 19.2. The normalized spacial score (nSPS) is 28.5. The maximum Gasteiger partial charge on any atom is 0.125 e. The number of nitrogens with one attached hydrogen (secondary N) is 1. The summed E-state index contributed by atoms with van der Waals surface area (Å²) in [6, 6.07) is 7.23. The molecule has 2 fully saturated rings. The van der Waals surface area contributed by atoms with E-state index in [-0.39, 0.29) is 5.82 Å². The lowest BCUT2D eigenvalue weighted by Gasteiger charge is -2.34. The van der Waals surface area contributed by atoms with Crippen LogP contribution in [0.5, 0.6) is 0 Å². The SMILES string of the molecule is Fc1ccc2c(NC3CCCC4OCCC34)ccnc2c1. The minimum Gasteiger partial charge on any atom is -0.381 e. The van der Waals surface area contributed by atoms with Crippen molar-refractivity contribution < 1.29 is 9.13 Å². The van der Waals surface area contributed by atoms with Gasteiger partial charge >= 0.3 is 0 Å². The van der Waals surface area contributed by atoms with Crippen LogP contribution in [-0.4, -0.2) is 23.7 Å². The Hall–Kier alpha value is -1.68. The molecular weight excluding hydrogens is 267 g/mol. The molecule has 0 spiro atoms. The molecule has 3 nitrogen and oxygen atoms in total. The molecule has 2 heterocycles. The van der Waals surface area contributed by atoms with Crippen molar-refractivity contribution >= 4 is 16.6 Å². The van der Waals surface area contributed by atoms with Crippen LogP contribution in [0.25, 0.3) is 10.9 Å². The average Bonchev–Trinajstić information content (AvgIpc) is 2.97. The van der Waals surface area contributed by atoms with Crippen molar-refractivity contribution in [1.29, 1.82) is 0 Å². The maximum absolute atomic E-state index is 13.3. The highest BCUT2D eigenvalue weighted by Crippen LogP contribution is 2.36. The van der Waals surface area contributed by atoms with Gasteiger partial charge in [-0.25, -0.2) is 4.39 Å². The van der Waals surface area contributed by atoms with Gasteiger partial charge in [-0.3, -0.25) is 4.98 Å². The van der Waals surface area contributed by atoms with Crippen LogP contribution in [0.15, 0.2) is 30.5 Å². The molecule has 1 saturated heterocycles. The molecule has 2 aliphatic rings. The third-order valence-electron chi connectivity index (χ3n) is 4.83. The lowest BCUT2D eigenvalue weighted by atomic mass is 9.81. The Bertz CT molecular complexity index is 660. The van der Waals surface area contributed by atoms with Gasteiger partial charge in [0.2, 0.25) is 0 Å². The predicted molar refractivity (Wildman–Crippen MR) is 80.8 cm³/mol. The first kappa shape index (κ1) is 13.0. The topological polar surface area (TPSA) is 34.1 Å². The van der Waals surface area contributed by atoms with Gasteiger partial charge in [-0.15, -0.1) is 0 Å². The number of ether oxygens (including phenoxy) is 1. The van der Waals surface area contributed by atoms with Crippen molar-refractivity contribution in [3.8, 4) is 0 Å². The fraction of sp³-hybridized carbons (Fsp3) is 0.471. The van der Waals surface area contributed by atoms with Gasteiger partial charge < -0.3 is 10.1 Å². The van der Waals surface area contributed by atoms with Crippen molar-refractivity contribution in [3.63, 3.8) is 0 Å². The van der Waals surface area contributed by atoms with E-state index < -0.39 is 0 Å². The van der Waals surface area contributed by atoms with Gasteiger partial charge in [0.05, 0.1) is 11.6 Å². The number of hydrogen-bond donors (Lipinski definition) is 1. The average molecular weight is 286 g/mol. The minimum absolute atomic E-state index is 0.242. The Morgan fingerprint density at radius 2 is 2.14 bits per heavy atom. The van der Waals surface area contributed by atoms with E-state index in [1.165, 1.54) is 31.4 Å². The fourth-order valence-corrected chi connectivity index (χ4v) is 3.80. The van der Waals surface area contributed by atoms with Gasteiger partial charge in [-0.05, 0) is 43.9 Å². The van der Waals surface area contributed by atoms with Crippen LogP contribution < -0.4 is 5.32 Å². The molecule has 21 heavy (non-hydrogen) atoms. The van der Waals surface area contributed by atoms with Crippen LogP contribution in [0.2, 0.25) is 0 Å². The number of fused-ring (bicyclic) bond motifs is 2. The molecule has 1 saturated carbocycles. The Morgan fingerprint density at radius 1 is 1.19 bits per heavy atom. The lowest BCUT2D eigenvalue weighted by Crippen LogP contribution is -2.38. The molecule has 4 heteroatoms. The quantitative estimate of drug-likeness (QED) is 0.913. The highest BCUT2D eigenvalue weighted by atomic mass is 19.1. The summed E-state index contributed by atoms with van der Waals surface area (Å²) in [6.07, 6.45) is 6.87. The number of halogens is 1. The van der Waals surface area contributed by atoms with E-state index in [1.54, 1.807) is 6.20 Å². The predicted octanol–water partition coefficient (Wildman–Crippen LogP) is 3.74. The molecule has 3 atom stereocenters. The summed E-state index contributed by atoms with van der Waals surface area (Å²) in [5.74, 6) is 0.358. The molecule has 1 aromatic carbocycles. The number of aromatic nitrogens is 1. The molecule has 0 amide bonds. The van der Waals surface area contributed by atoms with Crippen LogP contribution in [0.4, 0.5) is 10.1 Å². The van der Waals surface area contributed by atoms with E-state index in [1.807, 2.05) is 12.1 Å². The van der Waals surface area contributed by atoms with Crippen molar-refractivity contribution in [2.45, 2.75) is 37.8 Å². The summed E-state index contributed by atoms with van der Waals surface area (Å²) in [6.45, 7) is 0.885. The number of benzene rings is 1. The Morgan fingerprint density at radius 3 is 3.10 bits per heavy atom. The van der Waals surface area contributed by atoms with E-state index in [4.69, 9.17) is 4.74 Å². The Kier molecular flexibility index (Phi) is 3.26. The first-order chi connectivity index (χ1) is 10.3. The summed E-state index contributed by atoms with van der Waals surface area (Å²) in [5, 5.41) is 4.66. The fourth-order valence-electron chi connectivity index (χ4n) is 3.80. The van der Waals surface area contributed by atoms with E-state index in [0.717, 1.165) is 24.1 Å². The zero-order chi connectivity index (χ0) is 14.2. The molecule has 2 aromatic rings. The van der Waals surface area contributed by atoms with Gasteiger partial charge in [0.15, 0.2) is 0 Å². The highest BCUT2D eigenvalue weighted by Gasteiger charge is 2.37. The molecular formula is C17H19FN2O. The summed E-state index contributed by atoms with van der Waals surface area (Å²) in [5.41, 5.74) is 1.76. The van der Waals surface area contributed by atoms with Crippen LogP contribution in [0.1, 0.15) is 25.7 Å². The lowest BCUT2D eigenvalue weighted by molar-refractivity contribution is 0.0620. The molecule has 1 aromatic heterocycles.